The summed E-state index contributed by atoms with van der Waals surface area (Å²) in [5.74, 6) is -1.47. The summed E-state index contributed by atoms with van der Waals surface area (Å²) in [5.41, 5.74) is 33.9. The summed E-state index contributed by atoms with van der Waals surface area (Å²) in [4.78, 5) is 53.9. The van der Waals surface area contributed by atoms with Crippen molar-refractivity contribution < 1.29 is 14.4 Å². The van der Waals surface area contributed by atoms with Crippen LogP contribution in [0.3, 0.4) is 0 Å². The Morgan fingerprint density at radius 3 is 1.84 bits per heavy atom. The van der Waals surface area contributed by atoms with Gasteiger partial charge < -0.3 is 49.6 Å². The number of amides is 3. The number of fused-ring (bicyclic) bond motifs is 1. The first-order chi connectivity index (χ1) is 26.5. The fourth-order valence-electron chi connectivity index (χ4n) is 6.71. The lowest BCUT2D eigenvalue weighted by molar-refractivity contribution is -0.132. The number of carbonyl (C=O) groups is 3. The highest BCUT2D eigenvalue weighted by Crippen LogP contribution is 2.40. The molecule has 0 aliphatic heterocycles. The number of aromatic nitrogens is 1. The highest BCUT2D eigenvalue weighted by Gasteiger charge is 2.34. The summed E-state index contributed by atoms with van der Waals surface area (Å²) < 4.78 is 0. The Morgan fingerprint density at radius 2 is 1.30 bits per heavy atom. The minimum absolute atomic E-state index is 0.0423. The molecule has 3 amide bonds. The number of rotatable bonds is 18. The number of aromatic amines is 1. The highest BCUT2D eigenvalue weighted by molar-refractivity contribution is 5.95. The van der Waals surface area contributed by atoms with Gasteiger partial charge in [0.05, 0.1) is 6.04 Å². The maximum absolute atomic E-state index is 14.6. The molecule has 57 heavy (non-hydrogen) atoms. The molecule has 0 radical (unpaired) electrons. The molecule has 3 atom stereocenters. The summed E-state index contributed by atoms with van der Waals surface area (Å²) >= 11 is 0. The molecule has 0 aliphatic rings. The Bertz CT molecular complexity index is 1870. The van der Waals surface area contributed by atoms with E-state index >= 15 is 0 Å². The van der Waals surface area contributed by atoms with Crippen molar-refractivity contribution >= 4 is 40.5 Å². The largest absolute Gasteiger partial charge is 0.370 e. The number of H-pyrrole nitrogens is 1. The van der Waals surface area contributed by atoms with Crippen LogP contribution in [0, 0.1) is 0 Å². The fraction of sp³-hybridized carbons (Fsp3) is 0.558. The van der Waals surface area contributed by atoms with Crippen molar-refractivity contribution in [2.75, 3.05) is 19.6 Å². The van der Waals surface area contributed by atoms with Gasteiger partial charge in [-0.1, -0.05) is 98.7 Å². The first-order valence-corrected chi connectivity index (χ1v) is 20.0. The molecule has 14 heteroatoms. The van der Waals surface area contributed by atoms with Gasteiger partial charge in [-0.3, -0.25) is 24.4 Å². The second-order valence-corrected chi connectivity index (χ2v) is 18.0. The maximum Gasteiger partial charge on any atom is 0.243 e. The van der Waals surface area contributed by atoms with Gasteiger partial charge in [0.2, 0.25) is 17.7 Å². The van der Waals surface area contributed by atoms with Gasteiger partial charge in [-0.25, -0.2) is 0 Å². The van der Waals surface area contributed by atoms with Gasteiger partial charge in [0.1, 0.15) is 12.1 Å². The molecule has 1 heterocycles. The van der Waals surface area contributed by atoms with Gasteiger partial charge in [-0.2, -0.15) is 0 Å². The molecule has 0 bridgehead atoms. The van der Waals surface area contributed by atoms with E-state index < -0.39 is 29.9 Å². The lowest BCUT2D eigenvalue weighted by Gasteiger charge is -2.27. The average molecular weight is 788 g/mol. The smallest absolute Gasteiger partial charge is 0.243 e. The van der Waals surface area contributed by atoms with Crippen LogP contribution in [0.2, 0.25) is 0 Å². The van der Waals surface area contributed by atoms with Crippen LogP contribution in [0.5, 0.6) is 0 Å². The molecule has 0 saturated carbocycles. The van der Waals surface area contributed by atoms with Crippen LogP contribution < -0.4 is 44.6 Å². The topological polar surface area (TPSA) is 258 Å². The van der Waals surface area contributed by atoms with E-state index in [9.17, 15) is 14.4 Å². The van der Waals surface area contributed by atoms with Gasteiger partial charge in [-0.05, 0) is 71.3 Å². The number of guanidine groups is 2. The molecular formula is C43H69N11O3. The van der Waals surface area contributed by atoms with Crippen molar-refractivity contribution in [3.8, 4) is 0 Å². The van der Waals surface area contributed by atoms with Crippen LogP contribution >= 0.6 is 0 Å². The Morgan fingerprint density at radius 1 is 0.719 bits per heavy atom. The highest BCUT2D eigenvalue weighted by atomic mass is 16.2. The molecule has 14 nitrogen and oxygen atoms in total. The summed E-state index contributed by atoms with van der Waals surface area (Å²) in [6.45, 7) is 20.4. The number of hydrogen-bond acceptors (Lipinski definition) is 6. The van der Waals surface area contributed by atoms with Crippen LogP contribution in [-0.4, -0.2) is 72.4 Å². The third-order valence-electron chi connectivity index (χ3n) is 9.92. The number of nitrogens with zero attached hydrogens (tertiary/aromatic N) is 2. The monoisotopic (exact) mass is 788 g/mol. The summed E-state index contributed by atoms with van der Waals surface area (Å²) in [6.07, 6.45) is 2.19. The van der Waals surface area contributed by atoms with Crippen LogP contribution in [0.15, 0.2) is 52.4 Å². The quantitative estimate of drug-likeness (QED) is 0.0523. The Kier molecular flexibility index (Phi) is 16.1. The molecule has 0 fully saturated rings. The van der Waals surface area contributed by atoms with Gasteiger partial charge >= 0.3 is 0 Å². The SMILES string of the molecule is CC(C)(C)c1cc(C(C)(C)C)c2[nH]c(C(C)(C)C)c(C[C@H](NC(=O)[C@H](N)CCCN=C(N)N)C(=O)N[C@H](CCCN=C(N)N)C(=O)NCCc3ccccc3)c2c1. The van der Waals surface area contributed by atoms with E-state index in [1.807, 2.05) is 30.3 Å². The minimum Gasteiger partial charge on any atom is -0.370 e. The summed E-state index contributed by atoms with van der Waals surface area (Å²) in [6, 6.07) is 11.3. The molecular weight excluding hydrogens is 719 g/mol. The third kappa shape index (κ3) is 14.1. The van der Waals surface area contributed by atoms with Gasteiger partial charge in [0.15, 0.2) is 11.9 Å². The van der Waals surface area contributed by atoms with Crippen LogP contribution in [0.25, 0.3) is 10.9 Å². The van der Waals surface area contributed by atoms with Crippen molar-refractivity contribution in [1.29, 1.82) is 0 Å². The molecule has 14 N–H and O–H groups in total. The lowest BCUT2D eigenvalue weighted by atomic mass is 9.78. The molecule has 3 aromatic rings. The van der Waals surface area contributed by atoms with E-state index in [2.05, 4.69) is 105 Å². The second-order valence-electron chi connectivity index (χ2n) is 18.0. The molecule has 2 aromatic carbocycles. The first-order valence-electron chi connectivity index (χ1n) is 20.0. The van der Waals surface area contributed by atoms with Crippen molar-refractivity contribution in [2.45, 2.75) is 135 Å². The zero-order chi connectivity index (χ0) is 42.7. The molecule has 0 spiro atoms. The zero-order valence-corrected chi connectivity index (χ0v) is 35.6. The zero-order valence-electron chi connectivity index (χ0n) is 35.6. The Balaban J connectivity index is 2.09. The predicted molar refractivity (Wildman–Crippen MR) is 233 cm³/mol. The minimum atomic E-state index is -1.09. The second kappa shape index (κ2) is 19.8. The van der Waals surface area contributed by atoms with Crippen LogP contribution in [-0.2, 0) is 43.5 Å². The van der Waals surface area contributed by atoms with Crippen molar-refractivity contribution in [2.24, 2.45) is 38.7 Å². The fourth-order valence-corrected chi connectivity index (χ4v) is 6.71. The normalized spacial score (nSPS) is 13.6. The molecule has 3 rings (SSSR count). The number of nitrogens with two attached hydrogens (primary N) is 5. The average Bonchev–Trinajstić information content (AvgIpc) is 3.48. The van der Waals surface area contributed by atoms with E-state index in [0.717, 1.165) is 38.9 Å². The Labute approximate surface area is 339 Å². The van der Waals surface area contributed by atoms with Gasteiger partial charge in [-0.15, -0.1) is 0 Å². The van der Waals surface area contributed by atoms with Gasteiger partial charge in [0, 0.05) is 48.1 Å². The standard InChI is InChI=1S/C43H69N11O3/c1-41(2,3)27-23-28-29(35(43(7,8)9)54-34(28)30(24-27)42(4,5)6)25-33(53-36(55)31(44)17-13-20-50-39(45)46)38(57)52-32(18-14-21-51-40(47)48)37(56)49-22-19-26-15-11-10-12-16-26/h10-12,15-16,23-24,31-33,54H,13-14,17-22,25,44H2,1-9H3,(H,49,56)(H,52,57)(H,53,55)(H4,45,46,50)(H4,47,48,51)/t31-,32-,33+/m1/s1. The number of benzene rings is 2. The van der Waals surface area contributed by atoms with E-state index in [1.54, 1.807) is 0 Å². The van der Waals surface area contributed by atoms with E-state index in [4.69, 9.17) is 28.7 Å². The van der Waals surface area contributed by atoms with Crippen molar-refractivity contribution in [3.05, 3.63) is 70.4 Å². The predicted octanol–water partition coefficient (Wildman–Crippen LogP) is 3.37. The molecule has 0 aliphatic carbocycles. The van der Waals surface area contributed by atoms with E-state index in [1.165, 1.54) is 0 Å². The summed E-state index contributed by atoms with van der Waals surface area (Å²) in [7, 11) is 0. The van der Waals surface area contributed by atoms with Crippen molar-refractivity contribution in [1.82, 2.24) is 20.9 Å². The summed E-state index contributed by atoms with van der Waals surface area (Å²) in [5, 5.41) is 9.91. The van der Waals surface area contributed by atoms with Crippen LogP contribution in [0.1, 0.15) is 116 Å². The van der Waals surface area contributed by atoms with Crippen LogP contribution in [0.4, 0.5) is 0 Å². The first kappa shape index (κ1) is 46.3. The molecule has 314 valence electrons. The lowest BCUT2D eigenvalue weighted by Crippen LogP contribution is -2.56. The molecule has 1 aromatic heterocycles. The number of hydrogen-bond donors (Lipinski definition) is 9. The Hall–Kier alpha value is -5.11. The number of aliphatic imine (C=N–C) groups is 2. The number of carbonyl (C=O) groups excluding carboxylic acids is 3. The third-order valence-corrected chi connectivity index (χ3v) is 9.92. The van der Waals surface area contributed by atoms with Gasteiger partial charge in [0.25, 0.3) is 0 Å². The van der Waals surface area contributed by atoms with E-state index in [-0.39, 0.29) is 53.5 Å². The molecule has 0 unspecified atom stereocenters. The van der Waals surface area contributed by atoms with Crippen molar-refractivity contribution in [3.63, 3.8) is 0 Å². The molecule has 0 saturated heterocycles. The number of nitrogens with one attached hydrogen (secondary N) is 4. The maximum atomic E-state index is 14.6. The van der Waals surface area contributed by atoms with E-state index in [0.29, 0.717) is 38.8 Å².